The van der Waals surface area contributed by atoms with Crippen LogP contribution in [0.3, 0.4) is 0 Å². The van der Waals surface area contributed by atoms with Gasteiger partial charge in [-0.05, 0) is 67.7 Å². The number of fused-ring (bicyclic) bond motifs is 2. The summed E-state index contributed by atoms with van der Waals surface area (Å²) in [5.41, 5.74) is 0.889. The average Bonchev–Trinajstić information content (AvgIpc) is 3.19. The van der Waals surface area contributed by atoms with E-state index in [1.807, 2.05) is 0 Å². The molecule has 2 bridgehead atoms. The van der Waals surface area contributed by atoms with Crippen molar-refractivity contribution in [3.63, 3.8) is 0 Å². The van der Waals surface area contributed by atoms with Crippen molar-refractivity contribution in [1.29, 1.82) is 0 Å². The highest BCUT2D eigenvalue weighted by Gasteiger charge is 2.61. The van der Waals surface area contributed by atoms with Gasteiger partial charge in [-0.3, -0.25) is 0 Å². The second kappa shape index (κ2) is 5.28. The minimum absolute atomic E-state index is 0.413. The van der Waals surface area contributed by atoms with Gasteiger partial charge in [0.2, 0.25) is 0 Å². The van der Waals surface area contributed by atoms with Crippen LogP contribution in [0.25, 0.3) is 0 Å². The average molecular weight is 279 g/mol. The SMILES string of the molecule is CCCNC(COC1CC2CCC1(C)C2(C)C)C1CC1. The first kappa shape index (κ1) is 14.8. The molecule has 0 aromatic rings. The first-order chi connectivity index (χ1) is 9.49. The summed E-state index contributed by atoms with van der Waals surface area (Å²) in [6, 6.07) is 0.612. The van der Waals surface area contributed by atoms with Crippen LogP contribution in [-0.4, -0.2) is 25.3 Å². The molecule has 0 spiro atoms. The minimum Gasteiger partial charge on any atom is -0.376 e. The fraction of sp³-hybridized carbons (Fsp3) is 1.00. The van der Waals surface area contributed by atoms with Crippen molar-refractivity contribution in [2.45, 2.75) is 78.4 Å². The summed E-state index contributed by atoms with van der Waals surface area (Å²) in [4.78, 5) is 0. The fourth-order valence-corrected chi connectivity index (χ4v) is 4.79. The predicted molar refractivity (Wildman–Crippen MR) is 83.8 cm³/mol. The van der Waals surface area contributed by atoms with Crippen LogP contribution in [0.2, 0.25) is 0 Å². The summed E-state index contributed by atoms with van der Waals surface area (Å²) >= 11 is 0. The van der Waals surface area contributed by atoms with Crippen LogP contribution in [0, 0.1) is 22.7 Å². The lowest BCUT2D eigenvalue weighted by atomic mass is 9.70. The molecule has 3 aliphatic carbocycles. The van der Waals surface area contributed by atoms with E-state index in [2.05, 4.69) is 33.0 Å². The van der Waals surface area contributed by atoms with Gasteiger partial charge < -0.3 is 10.1 Å². The highest BCUT2D eigenvalue weighted by atomic mass is 16.5. The largest absolute Gasteiger partial charge is 0.376 e. The molecule has 3 fully saturated rings. The topological polar surface area (TPSA) is 21.3 Å². The molecule has 0 radical (unpaired) electrons. The van der Waals surface area contributed by atoms with Crippen molar-refractivity contribution >= 4 is 0 Å². The van der Waals surface area contributed by atoms with Crippen LogP contribution in [-0.2, 0) is 4.74 Å². The van der Waals surface area contributed by atoms with E-state index in [0.717, 1.165) is 25.0 Å². The zero-order valence-electron chi connectivity index (χ0n) is 13.9. The van der Waals surface area contributed by atoms with Crippen LogP contribution in [0.5, 0.6) is 0 Å². The summed E-state index contributed by atoms with van der Waals surface area (Å²) in [6.45, 7) is 11.8. The van der Waals surface area contributed by atoms with Crippen molar-refractivity contribution in [3.05, 3.63) is 0 Å². The molecule has 0 aromatic heterocycles. The highest BCUT2D eigenvalue weighted by Crippen LogP contribution is 2.66. The maximum atomic E-state index is 6.47. The molecule has 2 nitrogen and oxygen atoms in total. The summed E-state index contributed by atoms with van der Waals surface area (Å²) in [5.74, 6) is 1.78. The van der Waals surface area contributed by atoms with Crippen molar-refractivity contribution < 1.29 is 4.74 Å². The number of hydrogen-bond donors (Lipinski definition) is 1. The third-order valence-corrected chi connectivity index (χ3v) is 7.04. The molecule has 0 aliphatic heterocycles. The smallest absolute Gasteiger partial charge is 0.0637 e. The molecule has 2 heteroatoms. The molecular weight excluding hydrogens is 246 g/mol. The van der Waals surface area contributed by atoms with E-state index in [4.69, 9.17) is 4.74 Å². The molecule has 0 amide bonds. The minimum atomic E-state index is 0.413. The fourth-order valence-electron chi connectivity index (χ4n) is 4.79. The van der Waals surface area contributed by atoms with Gasteiger partial charge in [0, 0.05) is 6.04 Å². The third-order valence-electron chi connectivity index (χ3n) is 7.04. The van der Waals surface area contributed by atoms with E-state index in [1.54, 1.807) is 0 Å². The molecule has 4 unspecified atom stereocenters. The van der Waals surface area contributed by atoms with E-state index in [1.165, 1.54) is 38.5 Å². The van der Waals surface area contributed by atoms with Crippen LogP contribution in [0.4, 0.5) is 0 Å². The van der Waals surface area contributed by atoms with Crippen molar-refractivity contribution in [1.82, 2.24) is 5.32 Å². The highest BCUT2D eigenvalue weighted by molar-refractivity contribution is 5.11. The second-order valence-electron chi connectivity index (χ2n) is 8.33. The molecule has 3 aliphatic rings. The van der Waals surface area contributed by atoms with Crippen LogP contribution < -0.4 is 5.32 Å². The lowest BCUT2D eigenvalue weighted by molar-refractivity contribution is -0.0550. The summed E-state index contributed by atoms with van der Waals surface area (Å²) in [7, 11) is 0. The number of ether oxygens (including phenoxy) is 1. The van der Waals surface area contributed by atoms with Gasteiger partial charge in [-0.2, -0.15) is 0 Å². The van der Waals surface area contributed by atoms with Gasteiger partial charge in [0.05, 0.1) is 12.7 Å². The maximum absolute atomic E-state index is 6.47. The molecule has 0 aromatic carbocycles. The van der Waals surface area contributed by atoms with E-state index in [0.29, 0.717) is 23.0 Å². The van der Waals surface area contributed by atoms with Crippen LogP contribution in [0.1, 0.15) is 66.2 Å². The Morgan fingerprint density at radius 1 is 1.20 bits per heavy atom. The molecule has 0 heterocycles. The van der Waals surface area contributed by atoms with Gasteiger partial charge in [0.1, 0.15) is 0 Å². The number of hydrogen-bond acceptors (Lipinski definition) is 2. The molecule has 1 N–H and O–H groups in total. The lowest BCUT2D eigenvalue weighted by Gasteiger charge is -2.39. The zero-order valence-corrected chi connectivity index (χ0v) is 13.9. The standard InChI is InChI=1S/C18H33NO/c1-5-10-19-15(13-6-7-13)12-20-16-11-14-8-9-18(16,4)17(14,2)3/h13-16,19H,5-12H2,1-4H3. The summed E-state index contributed by atoms with van der Waals surface area (Å²) in [5, 5.41) is 3.71. The van der Waals surface area contributed by atoms with Crippen molar-refractivity contribution in [3.8, 4) is 0 Å². The van der Waals surface area contributed by atoms with Crippen molar-refractivity contribution in [2.24, 2.45) is 22.7 Å². The van der Waals surface area contributed by atoms with Crippen LogP contribution in [0.15, 0.2) is 0 Å². The zero-order chi connectivity index (χ0) is 14.4. The number of rotatable bonds is 7. The Kier molecular flexibility index (Phi) is 3.92. The Balaban J connectivity index is 1.56. The van der Waals surface area contributed by atoms with E-state index in [9.17, 15) is 0 Å². The van der Waals surface area contributed by atoms with Crippen molar-refractivity contribution in [2.75, 3.05) is 13.2 Å². The Labute approximate surface area is 125 Å². The lowest BCUT2D eigenvalue weighted by Crippen LogP contribution is -2.42. The first-order valence-electron chi connectivity index (χ1n) is 8.84. The first-order valence-corrected chi connectivity index (χ1v) is 8.84. The maximum Gasteiger partial charge on any atom is 0.0637 e. The third kappa shape index (κ3) is 2.33. The Morgan fingerprint density at radius 3 is 2.45 bits per heavy atom. The van der Waals surface area contributed by atoms with Gasteiger partial charge in [0.25, 0.3) is 0 Å². The molecule has 3 rings (SSSR count). The van der Waals surface area contributed by atoms with Gasteiger partial charge in [-0.25, -0.2) is 0 Å². The quantitative estimate of drug-likeness (QED) is 0.760. The molecule has 0 saturated heterocycles. The molecule has 20 heavy (non-hydrogen) atoms. The van der Waals surface area contributed by atoms with Crippen LogP contribution >= 0.6 is 0 Å². The molecule has 4 atom stereocenters. The van der Waals surface area contributed by atoms with E-state index in [-0.39, 0.29) is 0 Å². The van der Waals surface area contributed by atoms with E-state index < -0.39 is 0 Å². The Bertz CT molecular complexity index is 349. The number of nitrogens with one attached hydrogen (secondary N) is 1. The molecule has 116 valence electrons. The normalized spacial score (nSPS) is 40.2. The summed E-state index contributed by atoms with van der Waals surface area (Å²) < 4.78 is 6.47. The van der Waals surface area contributed by atoms with E-state index >= 15 is 0 Å². The Morgan fingerprint density at radius 2 is 1.95 bits per heavy atom. The van der Waals surface area contributed by atoms with Gasteiger partial charge in [0.15, 0.2) is 0 Å². The molecule has 3 saturated carbocycles. The monoisotopic (exact) mass is 279 g/mol. The Hall–Kier alpha value is -0.0800. The van der Waals surface area contributed by atoms with Gasteiger partial charge in [-0.1, -0.05) is 27.7 Å². The summed E-state index contributed by atoms with van der Waals surface area (Å²) in [6.07, 6.45) is 8.62. The van der Waals surface area contributed by atoms with Gasteiger partial charge in [-0.15, -0.1) is 0 Å². The molecular formula is C18H33NO. The van der Waals surface area contributed by atoms with Gasteiger partial charge >= 0.3 is 0 Å². The predicted octanol–water partition coefficient (Wildman–Crippen LogP) is 4.00. The second-order valence-corrected chi connectivity index (χ2v) is 8.33.